The Morgan fingerprint density at radius 3 is 2.27 bits per heavy atom. The number of rotatable bonds is 8. The predicted molar refractivity (Wildman–Crippen MR) is 151 cm³/mol. The number of ether oxygens (including phenoxy) is 1. The molecule has 0 bridgehead atoms. The molecule has 0 aliphatic carbocycles. The zero-order valence-electron chi connectivity index (χ0n) is 21.5. The van der Waals surface area contributed by atoms with E-state index in [1.54, 1.807) is 72.8 Å². The number of nitrogens with zero attached hydrogens (tertiary/aromatic N) is 2. The zero-order chi connectivity index (χ0) is 26.7. The zero-order valence-corrected chi connectivity index (χ0v) is 22.5. The lowest BCUT2D eigenvalue weighted by molar-refractivity contribution is 0.0556. The number of amides is 1. The fraction of sp³-hybridized carbons (Fsp3) is 0.250. The van der Waals surface area contributed by atoms with Gasteiger partial charge in [0.25, 0.3) is 11.5 Å². The van der Waals surface area contributed by atoms with Gasteiger partial charge in [-0.1, -0.05) is 56.0 Å². The van der Waals surface area contributed by atoms with E-state index >= 15 is 0 Å². The van der Waals surface area contributed by atoms with Gasteiger partial charge in [0.05, 0.1) is 36.9 Å². The van der Waals surface area contributed by atoms with Gasteiger partial charge in [0, 0.05) is 11.3 Å². The highest BCUT2D eigenvalue weighted by atomic mass is 28.3. The Kier molecular flexibility index (Phi) is 7.47. The van der Waals surface area contributed by atoms with Crippen LogP contribution in [0, 0.1) is 0 Å². The summed E-state index contributed by atoms with van der Waals surface area (Å²) < 4.78 is 8.81. The van der Waals surface area contributed by atoms with Gasteiger partial charge >= 0.3 is 5.69 Å². The lowest BCUT2D eigenvalue weighted by Crippen LogP contribution is -2.43. The van der Waals surface area contributed by atoms with Gasteiger partial charge in [0.2, 0.25) is 0 Å². The van der Waals surface area contributed by atoms with E-state index in [2.05, 4.69) is 25.0 Å². The first-order chi connectivity index (χ1) is 17.6. The fourth-order valence-corrected chi connectivity index (χ4v) is 4.40. The van der Waals surface area contributed by atoms with Crippen LogP contribution in [0.15, 0.2) is 82.4 Å². The van der Waals surface area contributed by atoms with E-state index in [0.717, 1.165) is 0 Å². The van der Waals surface area contributed by atoms with E-state index in [9.17, 15) is 14.4 Å². The van der Waals surface area contributed by atoms with Crippen molar-refractivity contribution in [1.82, 2.24) is 9.13 Å². The van der Waals surface area contributed by atoms with Crippen molar-refractivity contribution >= 4 is 36.3 Å². The molecule has 1 unspecified atom stereocenters. The lowest BCUT2D eigenvalue weighted by atomic mass is 10.1. The smallest absolute Gasteiger partial charge is 0.333 e. The molecule has 0 saturated heterocycles. The van der Waals surface area contributed by atoms with Crippen LogP contribution in [0.4, 0.5) is 11.4 Å². The average molecular weight is 517 g/mol. The number of fused-ring (bicyclic) bond motifs is 1. The molecule has 0 aliphatic heterocycles. The Bertz CT molecular complexity index is 1550. The number of carbonyl (C=O) groups excluding carboxylic acids is 1. The van der Waals surface area contributed by atoms with Crippen LogP contribution in [-0.4, -0.2) is 28.8 Å². The minimum atomic E-state index is -1.57. The maximum absolute atomic E-state index is 13.5. The van der Waals surface area contributed by atoms with E-state index in [-0.39, 0.29) is 30.5 Å². The summed E-state index contributed by atoms with van der Waals surface area (Å²) in [7, 11) is -1.57. The summed E-state index contributed by atoms with van der Waals surface area (Å²) in [6, 6.07) is 20.9. The molecule has 3 aromatic carbocycles. The van der Waals surface area contributed by atoms with Crippen molar-refractivity contribution < 1.29 is 9.53 Å². The summed E-state index contributed by atoms with van der Waals surface area (Å²) >= 11 is 0. The van der Waals surface area contributed by atoms with E-state index < -0.39 is 13.8 Å². The number of para-hydroxylation sites is 3. The van der Waals surface area contributed by atoms with E-state index in [4.69, 9.17) is 10.5 Å². The molecule has 0 saturated carbocycles. The summed E-state index contributed by atoms with van der Waals surface area (Å²) in [6.45, 7) is 8.78. The van der Waals surface area contributed by atoms with Gasteiger partial charge in [-0.2, -0.15) is 0 Å². The van der Waals surface area contributed by atoms with Crippen LogP contribution in [0.5, 0.6) is 0 Å². The molecule has 0 fully saturated rings. The van der Waals surface area contributed by atoms with Crippen molar-refractivity contribution in [3.05, 3.63) is 105 Å². The van der Waals surface area contributed by atoms with Gasteiger partial charge in [-0.25, -0.2) is 4.79 Å². The van der Waals surface area contributed by atoms with Crippen LogP contribution in [0.3, 0.4) is 0 Å². The number of nitrogens with one attached hydrogen (secondary N) is 1. The minimum Gasteiger partial charge on any atom is -0.397 e. The summed E-state index contributed by atoms with van der Waals surface area (Å²) in [6.07, 6.45) is 0. The SMILES string of the molecule is CC(OCn1c(=O)n(Cc2ccc(C(=O)Nc3ccccc3N)cc2)c(=O)c2ccccc21)[Si](C)(C)C. The van der Waals surface area contributed by atoms with E-state index in [0.29, 0.717) is 33.4 Å². The van der Waals surface area contributed by atoms with Crippen molar-refractivity contribution in [3.8, 4) is 0 Å². The summed E-state index contributed by atoms with van der Waals surface area (Å²) in [5.41, 5.74) is 7.84. The molecular formula is C28H32N4O4Si. The van der Waals surface area contributed by atoms with Crippen molar-refractivity contribution in [2.24, 2.45) is 0 Å². The first-order valence-electron chi connectivity index (χ1n) is 12.1. The number of hydrogen-bond acceptors (Lipinski definition) is 5. The van der Waals surface area contributed by atoms with Gasteiger partial charge in [-0.3, -0.25) is 18.7 Å². The second kappa shape index (κ2) is 10.6. The maximum Gasteiger partial charge on any atom is 0.333 e. The van der Waals surface area contributed by atoms with Crippen molar-refractivity contribution in [2.75, 3.05) is 11.1 Å². The lowest BCUT2D eigenvalue weighted by Gasteiger charge is -2.26. The van der Waals surface area contributed by atoms with Crippen molar-refractivity contribution in [3.63, 3.8) is 0 Å². The van der Waals surface area contributed by atoms with Crippen LogP contribution >= 0.6 is 0 Å². The van der Waals surface area contributed by atoms with Crippen LogP contribution in [0.2, 0.25) is 19.6 Å². The fourth-order valence-electron chi connectivity index (χ4n) is 3.82. The second-order valence-corrected chi connectivity index (χ2v) is 15.7. The van der Waals surface area contributed by atoms with E-state index in [1.165, 1.54) is 9.13 Å². The van der Waals surface area contributed by atoms with Gasteiger partial charge in [-0.05, 0) is 48.9 Å². The van der Waals surface area contributed by atoms with Crippen LogP contribution < -0.4 is 22.3 Å². The topological polar surface area (TPSA) is 108 Å². The molecule has 8 nitrogen and oxygen atoms in total. The molecule has 3 N–H and O–H groups in total. The normalized spacial score (nSPS) is 12.4. The molecule has 1 aromatic heterocycles. The molecule has 1 heterocycles. The van der Waals surface area contributed by atoms with Gasteiger partial charge in [0.1, 0.15) is 6.73 Å². The summed E-state index contributed by atoms with van der Waals surface area (Å²) in [4.78, 5) is 39.4. The van der Waals surface area contributed by atoms with Crippen LogP contribution in [0.1, 0.15) is 22.8 Å². The minimum absolute atomic E-state index is 0.0310. The second-order valence-electron chi connectivity index (χ2n) is 10.2. The first-order valence-corrected chi connectivity index (χ1v) is 15.7. The molecular weight excluding hydrogens is 484 g/mol. The number of aromatic nitrogens is 2. The Hall–Kier alpha value is -3.95. The third-order valence-corrected chi connectivity index (χ3v) is 9.18. The molecule has 1 amide bonds. The van der Waals surface area contributed by atoms with Crippen molar-refractivity contribution in [1.29, 1.82) is 0 Å². The highest BCUT2D eigenvalue weighted by molar-refractivity contribution is 6.77. The van der Waals surface area contributed by atoms with Crippen LogP contribution in [0.25, 0.3) is 10.9 Å². The number of hydrogen-bond donors (Lipinski definition) is 2. The number of carbonyl (C=O) groups is 1. The molecule has 192 valence electrons. The average Bonchev–Trinajstić information content (AvgIpc) is 2.87. The van der Waals surface area contributed by atoms with Crippen molar-refractivity contribution in [2.45, 2.75) is 45.6 Å². The Balaban J connectivity index is 1.62. The maximum atomic E-state index is 13.5. The third-order valence-electron chi connectivity index (χ3n) is 6.57. The highest BCUT2D eigenvalue weighted by Gasteiger charge is 2.24. The Morgan fingerprint density at radius 2 is 1.59 bits per heavy atom. The quantitative estimate of drug-likeness (QED) is 0.268. The van der Waals surface area contributed by atoms with Gasteiger partial charge in [0.15, 0.2) is 0 Å². The number of nitrogens with two attached hydrogens (primary N) is 1. The summed E-state index contributed by atoms with van der Waals surface area (Å²) in [5.74, 6) is -0.302. The molecule has 0 radical (unpaired) electrons. The molecule has 4 rings (SSSR count). The molecule has 0 aliphatic rings. The largest absolute Gasteiger partial charge is 0.397 e. The predicted octanol–water partition coefficient (Wildman–Crippen LogP) is 4.29. The van der Waals surface area contributed by atoms with Gasteiger partial charge in [-0.15, -0.1) is 0 Å². The van der Waals surface area contributed by atoms with Crippen LogP contribution in [-0.2, 0) is 18.0 Å². The third kappa shape index (κ3) is 5.73. The molecule has 9 heteroatoms. The molecule has 4 aromatic rings. The van der Waals surface area contributed by atoms with Gasteiger partial charge < -0.3 is 15.8 Å². The molecule has 0 spiro atoms. The standard InChI is InChI=1S/C28H32N4O4Si/c1-19(37(2,3)4)36-18-32-25-12-8-5-9-22(25)27(34)31(28(32)35)17-20-13-15-21(16-14-20)26(33)30-24-11-7-6-10-23(24)29/h5-16,19H,17-18,29H2,1-4H3,(H,30,33). The highest BCUT2D eigenvalue weighted by Crippen LogP contribution is 2.18. The molecule has 1 atom stereocenters. The number of benzene rings is 3. The Morgan fingerprint density at radius 1 is 0.946 bits per heavy atom. The number of nitrogen functional groups attached to an aromatic ring is 1. The first kappa shape index (κ1) is 26.1. The Labute approximate surface area is 216 Å². The monoisotopic (exact) mass is 516 g/mol. The van der Waals surface area contributed by atoms with E-state index in [1.807, 2.05) is 6.92 Å². The molecule has 37 heavy (non-hydrogen) atoms. The summed E-state index contributed by atoms with van der Waals surface area (Å²) in [5, 5.41) is 3.24. The number of anilines is 2.